The quantitative estimate of drug-likeness (QED) is 0.258. The molecule has 0 bridgehead atoms. The number of carbonyl (C=O) groups is 1. The van der Waals surface area contributed by atoms with Gasteiger partial charge in [-0.2, -0.15) is 0 Å². The van der Waals surface area contributed by atoms with Crippen LogP contribution in [0.3, 0.4) is 0 Å². The van der Waals surface area contributed by atoms with Crippen LogP contribution in [-0.4, -0.2) is 30.1 Å². The zero-order valence-electron chi connectivity index (χ0n) is 20.0. The molecule has 0 N–H and O–H groups in total. The lowest BCUT2D eigenvalue weighted by atomic mass is 10.0. The highest BCUT2D eigenvalue weighted by Gasteiger charge is 2.24. The first-order chi connectivity index (χ1) is 17.7. The van der Waals surface area contributed by atoms with E-state index in [0.717, 1.165) is 22.4 Å². The maximum absolute atomic E-state index is 13.8. The zero-order chi connectivity index (χ0) is 24.9. The van der Waals surface area contributed by atoms with Gasteiger partial charge in [0.15, 0.2) is 5.13 Å². The van der Waals surface area contributed by atoms with Gasteiger partial charge in [-0.25, -0.2) is 4.98 Å². The monoisotopic (exact) mass is 495 g/mol. The SMILES string of the molecule is COc1ccc(OC)c2sc(N(Cc3ccccn3)C(=O)c3ccc(Cc4ccccc4)cc3)nc12. The van der Waals surface area contributed by atoms with E-state index < -0.39 is 0 Å². The fourth-order valence-corrected chi connectivity index (χ4v) is 5.09. The van der Waals surface area contributed by atoms with Crippen LogP contribution in [0.5, 0.6) is 11.5 Å². The highest BCUT2D eigenvalue weighted by atomic mass is 32.1. The summed E-state index contributed by atoms with van der Waals surface area (Å²) < 4.78 is 11.9. The summed E-state index contributed by atoms with van der Waals surface area (Å²) in [6.45, 7) is 0.288. The van der Waals surface area contributed by atoms with Crippen molar-refractivity contribution in [2.24, 2.45) is 0 Å². The minimum Gasteiger partial charge on any atom is -0.495 e. The number of carbonyl (C=O) groups excluding carboxylic acids is 1. The number of anilines is 1. The third-order valence-corrected chi connectivity index (χ3v) is 6.97. The number of aromatic nitrogens is 2. The van der Waals surface area contributed by atoms with Crippen LogP contribution < -0.4 is 14.4 Å². The maximum atomic E-state index is 13.8. The van der Waals surface area contributed by atoms with Crippen LogP contribution in [0.15, 0.2) is 91.1 Å². The molecular weight excluding hydrogens is 470 g/mol. The van der Waals surface area contributed by atoms with Crippen LogP contribution in [0.4, 0.5) is 5.13 Å². The Hall–Kier alpha value is -4.23. The second-order valence-electron chi connectivity index (χ2n) is 8.22. The molecule has 0 atom stereocenters. The van der Waals surface area contributed by atoms with Gasteiger partial charge in [0.2, 0.25) is 0 Å². The Kier molecular flexibility index (Phi) is 6.91. The van der Waals surface area contributed by atoms with Gasteiger partial charge in [0, 0.05) is 11.8 Å². The van der Waals surface area contributed by atoms with E-state index in [2.05, 4.69) is 17.1 Å². The molecule has 0 aliphatic rings. The van der Waals surface area contributed by atoms with E-state index in [9.17, 15) is 4.79 Å². The van der Waals surface area contributed by atoms with Crippen molar-refractivity contribution >= 4 is 32.6 Å². The van der Waals surface area contributed by atoms with Crippen molar-refractivity contribution in [1.29, 1.82) is 0 Å². The second kappa shape index (κ2) is 10.6. The number of hydrogen-bond acceptors (Lipinski definition) is 6. The van der Waals surface area contributed by atoms with Gasteiger partial charge in [0.25, 0.3) is 5.91 Å². The molecule has 0 saturated carbocycles. The van der Waals surface area contributed by atoms with Crippen molar-refractivity contribution in [3.8, 4) is 11.5 Å². The Balaban J connectivity index is 1.50. The first-order valence-electron chi connectivity index (χ1n) is 11.5. The van der Waals surface area contributed by atoms with Crippen molar-refractivity contribution in [3.05, 3.63) is 114 Å². The smallest absolute Gasteiger partial charge is 0.260 e. The van der Waals surface area contributed by atoms with E-state index in [-0.39, 0.29) is 12.5 Å². The van der Waals surface area contributed by atoms with Crippen molar-refractivity contribution in [1.82, 2.24) is 9.97 Å². The van der Waals surface area contributed by atoms with Gasteiger partial charge in [-0.15, -0.1) is 0 Å². The summed E-state index contributed by atoms with van der Waals surface area (Å²) in [4.78, 5) is 24.7. The largest absolute Gasteiger partial charge is 0.495 e. The number of fused-ring (bicyclic) bond motifs is 1. The molecule has 1 amide bonds. The Labute approximate surface area is 213 Å². The number of ether oxygens (including phenoxy) is 2. The van der Waals surface area contributed by atoms with Gasteiger partial charge in [0.05, 0.1) is 26.5 Å². The lowest BCUT2D eigenvalue weighted by Crippen LogP contribution is -2.30. The van der Waals surface area contributed by atoms with Gasteiger partial charge in [-0.1, -0.05) is 59.9 Å². The molecule has 0 aliphatic carbocycles. The minimum absolute atomic E-state index is 0.149. The van der Waals surface area contributed by atoms with Crippen molar-refractivity contribution in [3.63, 3.8) is 0 Å². The molecule has 36 heavy (non-hydrogen) atoms. The molecule has 0 spiro atoms. The number of nitrogens with zero attached hydrogens (tertiary/aromatic N) is 3. The van der Waals surface area contributed by atoms with Crippen LogP contribution >= 0.6 is 11.3 Å². The second-order valence-corrected chi connectivity index (χ2v) is 9.19. The van der Waals surface area contributed by atoms with E-state index >= 15 is 0 Å². The Morgan fingerprint density at radius 3 is 2.22 bits per heavy atom. The fourth-order valence-electron chi connectivity index (χ4n) is 4.02. The predicted molar refractivity (Wildman–Crippen MR) is 143 cm³/mol. The predicted octanol–water partition coefficient (Wildman–Crippen LogP) is 6.15. The number of methoxy groups -OCH3 is 2. The van der Waals surface area contributed by atoms with Crippen LogP contribution in [-0.2, 0) is 13.0 Å². The van der Waals surface area contributed by atoms with Crippen LogP contribution in [0.1, 0.15) is 27.2 Å². The van der Waals surface area contributed by atoms with Gasteiger partial charge in [0.1, 0.15) is 21.7 Å². The molecule has 0 saturated heterocycles. The van der Waals surface area contributed by atoms with Gasteiger partial charge >= 0.3 is 0 Å². The fraction of sp³-hybridized carbons (Fsp3) is 0.138. The minimum atomic E-state index is -0.149. The topological polar surface area (TPSA) is 64.6 Å². The lowest BCUT2D eigenvalue weighted by molar-refractivity contribution is 0.0985. The number of hydrogen-bond donors (Lipinski definition) is 0. The van der Waals surface area contributed by atoms with Crippen molar-refractivity contribution < 1.29 is 14.3 Å². The number of amides is 1. The first-order valence-corrected chi connectivity index (χ1v) is 12.3. The molecule has 180 valence electrons. The third kappa shape index (κ3) is 4.92. The van der Waals surface area contributed by atoms with Crippen LogP contribution in [0.25, 0.3) is 10.2 Å². The molecule has 0 aliphatic heterocycles. The highest BCUT2D eigenvalue weighted by Crippen LogP contribution is 2.40. The normalized spacial score (nSPS) is 10.8. The summed E-state index contributed by atoms with van der Waals surface area (Å²) in [7, 11) is 3.22. The Bertz CT molecular complexity index is 1430. The van der Waals surface area contributed by atoms with Gasteiger partial charge < -0.3 is 9.47 Å². The van der Waals surface area contributed by atoms with Gasteiger partial charge in [-0.05, 0) is 53.9 Å². The molecule has 7 heteroatoms. The van der Waals surface area contributed by atoms with Crippen molar-refractivity contribution in [2.75, 3.05) is 19.1 Å². The standard InChI is InChI=1S/C29H25N3O3S/c1-34-24-15-16-25(35-2)27-26(24)31-29(36-27)32(19-23-10-6-7-17-30-23)28(33)22-13-11-21(12-14-22)18-20-8-4-3-5-9-20/h3-17H,18-19H2,1-2H3. The summed E-state index contributed by atoms with van der Waals surface area (Å²) >= 11 is 1.39. The van der Waals surface area contributed by atoms with Gasteiger partial charge in [-0.3, -0.25) is 14.7 Å². The molecule has 3 aromatic carbocycles. The Morgan fingerprint density at radius 1 is 0.833 bits per heavy atom. The van der Waals surface area contributed by atoms with E-state index in [1.54, 1.807) is 25.3 Å². The average molecular weight is 496 g/mol. The summed E-state index contributed by atoms with van der Waals surface area (Å²) in [6, 6.07) is 27.4. The molecule has 0 radical (unpaired) electrons. The number of thiazole rings is 1. The Morgan fingerprint density at radius 2 is 1.53 bits per heavy atom. The molecule has 5 aromatic rings. The number of rotatable bonds is 8. The molecule has 2 aromatic heterocycles. The average Bonchev–Trinajstić information content (AvgIpc) is 3.38. The summed E-state index contributed by atoms with van der Waals surface area (Å²) in [5, 5.41) is 0.553. The highest BCUT2D eigenvalue weighted by molar-refractivity contribution is 7.22. The van der Waals surface area contributed by atoms with E-state index in [4.69, 9.17) is 14.5 Å². The molecule has 0 unspecified atom stereocenters. The lowest BCUT2D eigenvalue weighted by Gasteiger charge is -2.20. The molecular formula is C29H25N3O3S. The third-order valence-electron chi connectivity index (χ3n) is 5.87. The summed E-state index contributed by atoms with van der Waals surface area (Å²) in [5.74, 6) is 1.16. The molecule has 0 fully saturated rings. The van der Waals surface area contributed by atoms with Crippen LogP contribution in [0, 0.1) is 0 Å². The zero-order valence-corrected chi connectivity index (χ0v) is 20.9. The van der Waals surface area contributed by atoms with Crippen molar-refractivity contribution in [2.45, 2.75) is 13.0 Å². The van der Waals surface area contributed by atoms with E-state index in [0.29, 0.717) is 27.7 Å². The molecule has 6 nitrogen and oxygen atoms in total. The van der Waals surface area contributed by atoms with Crippen LogP contribution in [0.2, 0.25) is 0 Å². The first kappa shape index (κ1) is 23.5. The molecule has 5 rings (SSSR count). The van der Waals surface area contributed by atoms with E-state index in [1.165, 1.54) is 16.9 Å². The maximum Gasteiger partial charge on any atom is 0.260 e. The summed E-state index contributed by atoms with van der Waals surface area (Å²) in [6.07, 6.45) is 2.53. The number of pyridine rings is 1. The van der Waals surface area contributed by atoms with E-state index in [1.807, 2.05) is 72.8 Å². The number of benzene rings is 3. The molecule has 2 heterocycles. The summed E-state index contributed by atoms with van der Waals surface area (Å²) in [5.41, 5.74) is 4.38.